The second kappa shape index (κ2) is 10.4. The zero-order valence-corrected chi connectivity index (χ0v) is 17.0. The van der Waals surface area contributed by atoms with Gasteiger partial charge in [0.25, 0.3) is 11.8 Å². The van der Waals surface area contributed by atoms with E-state index in [9.17, 15) is 14.8 Å². The lowest BCUT2D eigenvalue weighted by Gasteiger charge is -2.17. The number of rotatable bonds is 8. The number of aryl methyl sites for hydroxylation is 1. The molecule has 5 nitrogen and oxygen atoms in total. The zero-order chi connectivity index (χ0) is 21.3. The highest BCUT2D eigenvalue weighted by Gasteiger charge is 2.23. The van der Waals surface area contributed by atoms with Gasteiger partial charge in [-0.2, -0.15) is 0 Å². The number of unbranched alkanes of at least 4 members (excludes halogenated alkanes) is 1. The maximum Gasteiger partial charge on any atom is 0.255 e. The summed E-state index contributed by atoms with van der Waals surface area (Å²) in [7, 11) is 0. The SMILES string of the molecule is CCCCc1ccccc1C(=O)Nc1cccc(C(C(=O)NO)c2ccccc2)c1. The molecule has 0 aliphatic carbocycles. The van der Waals surface area contributed by atoms with Crippen LogP contribution < -0.4 is 10.8 Å². The molecule has 3 rings (SSSR count). The molecule has 0 aliphatic heterocycles. The first-order valence-corrected chi connectivity index (χ1v) is 10.1. The Balaban J connectivity index is 1.87. The third-order valence-electron chi connectivity index (χ3n) is 5.04. The van der Waals surface area contributed by atoms with Gasteiger partial charge in [0.2, 0.25) is 0 Å². The fraction of sp³-hybridized carbons (Fsp3) is 0.200. The number of hydrogen-bond acceptors (Lipinski definition) is 3. The summed E-state index contributed by atoms with van der Waals surface area (Å²) in [6.45, 7) is 2.12. The Labute approximate surface area is 176 Å². The third-order valence-corrected chi connectivity index (χ3v) is 5.04. The maximum absolute atomic E-state index is 12.9. The Morgan fingerprint density at radius 2 is 1.60 bits per heavy atom. The number of nitrogens with one attached hydrogen (secondary N) is 2. The molecule has 1 atom stereocenters. The van der Waals surface area contributed by atoms with E-state index in [4.69, 9.17) is 0 Å². The van der Waals surface area contributed by atoms with E-state index in [1.807, 2.05) is 54.6 Å². The van der Waals surface area contributed by atoms with Crippen LogP contribution in [0.5, 0.6) is 0 Å². The molecule has 1 unspecified atom stereocenters. The zero-order valence-electron chi connectivity index (χ0n) is 17.0. The minimum absolute atomic E-state index is 0.179. The van der Waals surface area contributed by atoms with Gasteiger partial charge in [0.1, 0.15) is 0 Å². The summed E-state index contributed by atoms with van der Waals surface area (Å²) in [5, 5.41) is 12.2. The van der Waals surface area contributed by atoms with Gasteiger partial charge in [0.05, 0.1) is 5.92 Å². The monoisotopic (exact) mass is 402 g/mol. The highest BCUT2D eigenvalue weighted by Crippen LogP contribution is 2.27. The number of anilines is 1. The van der Waals surface area contributed by atoms with Crippen LogP contribution in [-0.4, -0.2) is 17.0 Å². The van der Waals surface area contributed by atoms with E-state index in [0.717, 1.165) is 30.4 Å². The minimum Gasteiger partial charge on any atom is -0.322 e. The molecular formula is C25H26N2O3. The summed E-state index contributed by atoms with van der Waals surface area (Å²) in [4.78, 5) is 25.3. The van der Waals surface area contributed by atoms with Gasteiger partial charge in [0, 0.05) is 11.3 Å². The van der Waals surface area contributed by atoms with Gasteiger partial charge in [-0.25, -0.2) is 5.48 Å². The van der Waals surface area contributed by atoms with Crippen LogP contribution in [-0.2, 0) is 11.2 Å². The van der Waals surface area contributed by atoms with Crippen molar-refractivity contribution in [2.24, 2.45) is 0 Å². The van der Waals surface area contributed by atoms with E-state index in [-0.39, 0.29) is 5.91 Å². The standard InChI is InChI=1S/C25H26N2O3/c1-2-3-10-18-11-7-8-16-22(18)24(28)26-21-15-9-14-20(17-21)23(25(29)27-30)19-12-5-4-6-13-19/h4-9,11-17,23,30H,2-3,10H2,1H3,(H,26,28)(H,27,29). The Bertz CT molecular complexity index is 1000. The Morgan fingerprint density at radius 1 is 0.900 bits per heavy atom. The van der Waals surface area contributed by atoms with Crippen molar-refractivity contribution in [2.45, 2.75) is 32.1 Å². The van der Waals surface area contributed by atoms with Crippen LogP contribution in [0.15, 0.2) is 78.9 Å². The van der Waals surface area contributed by atoms with Crippen molar-refractivity contribution in [2.75, 3.05) is 5.32 Å². The summed E-state index contributed by atoms with van der Waals surface area (Å²) < 4.78 is 0. The quantitative estimate of drug-likeness (QED) is 0.370. The molecule has 0 aliphatic rings. The molecular weight excluding hydrogens is 376 g/mol. The first-order valence-electron chi connectivity index (χ1n) is 10.1. The highest BCUT2D eigenvalue weighted by atomic mass is 16.5. The van der Waals surface area contributed by atoms with E-state index in [0.29, 0.717) is 16.8 Å². The number of benzene rings is 3. The van der Waals surface area contributed by atoms with E-state index >= 15 is 0 Å². The normalized spacial score (nSPS) is 11.5. The molecule has 3 N–H and O–H groups in total. The van der Waals surface area contributed by atoms with Crippen molar-refractivity contribution in [3.05, 3.63) is 101 Å². The van der Waals surface area contributed by atoms with E-state index in [1.54, 1.807) is 29.7 Å². The van der Waals surface area contributed by atoms with Crippen LogP contribution in [0.25, 0.3) is 0 Å². The van der Waals surface area contributed by atoms with Crippen LogP contribution in [0, 0.1) is 0 Å². The smallest absolute Gasteiger partial charge is 0.255 e. The summed E-state index contributed by atoms with van der Waals surface area (Å²) in [5.41, 5.74) is 5.44. The molecule has 0 bridgehead atoms. The van der Waals surface area contributed by atoms with Gasteiger partial charge in [-0.3, -0.25) is 14.8 Å². The number of hydrogen-bond donors (Lipinski definition) is 3. The number of amides is 2. The molecule has 0 aromatic heterocycles. The minimum atomic E-state index is -0.690. The average Bonchev–Trinajstić information content (AvgIpc) is 2.79. The third kappa shape index (κ3) is 5.13. The molecule has 0 radical (unpaired) electrons. The van der Waals surface area contributed by atoms with Crippen molar-refractivity contribution >= 4 is 17.5 Å². The van der Waals surface area contributed by atoms with Crippen molar-refractivity contribution in [1.82, 2.24) is 5.48 Å². The molecule has 2 amide bonds. The Hall–Kier alpha value is -3.44. The fourth-order valence-corrected chi connectivity index (χ4v) is 3.53. The summed E-state index contributed by atoms with van der Waals surface area (Å²) in [5.74, 6) is -1.40. The predicted octanol–water partition coefficient (Wildman–Crippen LogP) is 4.92. The van der Waals surface area contributed by atoms with Crippen LogP contribution in [0.4, 0.5) is 5.69 Å². The lowest BCUT2D eigenvalue weighted by Crippen LogP contribution is -2.27. The van der Waals surface area contributed by atoms with E-state index in [1.165, 1.54) is 0 Å². The molecule has 3 aromatic carbocycles. The highest BCUT2D eigenvalue weighted by molar-refractivity contribution is 6.05. The second-order valence-electron chi connectivity index (χ2n) is 7.16. The molecule has 0 spiro atoms. The van der Waals surface area contributed by atoms with Crippen LogP contribution in [0.3, 0.4) is 0 Å². The van der Waals surface area contributed by atoms with Gasteiger partial charge < -0.3 is 5.32 Å². The predicted molar refractivity (Wildman–Crippen MR) is 118 cm³/mol. The maximum atomic E-state index is 12.9. The van der Waals surface area contributed by atoms with Crippen LogP contribution in [0.2, 0.25) is 0 Å². The van der Waals surface area contributed by atoms with E-state index < -0.39 is 11.8 Å². The average molecular weight is 402 g/mol. The lowest BCUT2D eigenvalue weighted by molar-refractivity contribution is -0.129. The molecule has 5 heteroatoms. The molecule has 0 fully saturated rings. The molecule has 3 aromatic rings. The van der Waals surface area contributed by atoms with Crippen LogP contribution in [0.1, 0.15) is 52.7 Å². The molecule has 0 heterocycles. The van der Waals surface area contributed by atoms with Crippen LogP contribution >= 0.6 is 0 Å². The number of hydroxylamine groups is 1. The molecule has 154 valence electrons. The first kappa shape index (κ1) is 21.3. The van der Waals surface area contributed by atoms with Crippen molar-refractivity contribution in [1.29, 1.82) is 0 Å². The van der Waals surface area contributed by atoms with Gasteiger partial charge in [0.15, 0.2) is 0 Å². The summed E-state index contributed by atoms with van der Waals surface area (Å²) in [6, 6.07) is 24.0. The van der Waals surface area contributed by atoms with E-state index in [2.05, 4.69) is 12.2 Å². The fourth-order valence-electron chi connectivity index (χ4n) is 3.53. The second-order valence-corrected chi connectivity index (χ2v) is 7.16. The van der Waals surface area contributed by atoms with Crippen molar-refractivity contribution in [3.8, 4) is 0 Å². The molecule has 0 saturated carbocycles. The van der Waals surface area contributed by atoms with Crippen molar-refractivity contribution in [3.63, 3.8) is 0 Å². The summed E-state index contributed by atoms with van der Waals surface area (Å²) in [6.07, 6.45) is 2.94. The van der Waals surface area contributed by atoms with Gasteiger partial charge in [-0.15, -0.1) is 0 Å². The molecule has 0 saturated heterocycles. The Kier molecular flexibility index (Phi) is 7.35. The molecule has 30 heavy (non-hydrogen) atoms. The number of carbonyl (C=O) groups excluding carboxylic acids is 2. The largest absolute Gasteiger partial charge is 0.322 e. The number of carbonyl (C=O) groups is 2. The van der Waals surface area contributed by atoms with Crippen molar-refractivity contribution < 1.29 is 14.8 Å². The summed E-state index contributed by atoms with van der Waals surface area (Å²) >= 11 is 0. The first-order chi connectivity index (χ1) is 14.6. The topological polar surface area (TPSA) is 78.4 Å². The van der Waals surface area contributed by atoms with Gasteiger partial charge >= 0.3 is 0 Å². The Morgan fingerprint density at radius 3 is 2.33 bits per heavy atom. The van der Waals surface area contributed by atoms with Gasteiger partial charge in [-0.1, -0.05) is 74.0 Å². The van der Waals surface area contributed by atoms with Gasteiger partial charge in [-0.05, 0) is 47.7 Å². The lowest BCUT2D eigenvalue weighted by atomic mass is 9.90.